The average Bonchev–Trinajstić information content (AvgIpc) is 3.48. The van der Waals surface area contributed by atoms with Gasteiger partial charge in [0.15, 0.2) is 11.5 Å². The molecule has 1 unspecified atom stereocenters. The van der Waals surface area contributed by atoms with Crippen LogP contribution in [0.15, 0.2) is 43.0 Å². The van der Waals surface area contributed by atoms with Crippen LogP contribution in [0, 0.1) is 5.92 Å². The third kappa shape index (κ3) is 3.28. The van der Waals surface area contributed by atoms with E-state index in [2.05, 4.69) is 37.3 Å². The SMILES string of the molecule is OC[C@H]1CC(n2cnc3c(N[C@H]4CCN(c5ccccc5)C4)ncnc32)[C@H](O)[C@@H]1O. The van der Waals surface area contributed by atoms with Crippen molar-refractivity contribution in [2.45, 2.75) is 37.1 Å². The van der Waals surface area contributed by atoms with Gasteiger partial charge in [0.1, 0.15) is 17.9 Å². The molecule has 3 heterocycles. The van der Waals surface area contributed by atoms with Crippen molar-refractivity contribution in [2.24, 2.45) is 5.92 Å². The van der Waals surface area contributed by atoms with Crippen LogP contribution in [0.25, 0.3) is 11.2 Å². The van der Waals surface area contributed by atoms with Crippen LogP contribution in [-0.2, 0) is 0 Å². The highest BCUT2D eigenvalue weighted by molar-refractivity contribution is 5.83. The fourth-order valence-electron chi connectivity index (χ4n) is 4.70. The molecule has 158 valence electrons. The van der Waals surface area contributed by atoms with E-state index in [1.165, 1.54) is 12.0 Å². The van der Waals surface area contributed by atoms with Crippen LogP contribution in [0.5, 0.6) is 0 Å². The van der Waals surface area contributed by atoms with Gasteiger partial charge in [-0.1, -0.05) is 18.2 Å². The Morgan fingerprint density at radius 2 is 1.90 bits per heavy atom. The van der Waals surface area contributed by atoms with Gasteiger partial charge in [0, 0.05) is 37.3 Å². The van der Waals surface area contributed by atoms with Crippen LogP contribution in [0.2, 0.25) is 0 Å². The molecule has 9 nitrogen and oxygen atoms in total. The van der Waals surface area contributed by atoms with Gasteiger partial charge in [0.05, 0.1) is 18.5 Å². The maximum absolute atomic E-state index is 10.5. The van der Waals surface area contributed by atoms with Crippen LogP contribution in [0.1, 0.15) is 18.9 Å². The van der Waals surface area contributed by atoms with Gasteiger partial charge >= 0.3 is 0 Å². The van der Waals surface area contributed by atoms with E-state index >= 15 is 0 Å². The van der Waals surface area contributed by atoms with E-state index in [0.29, 0.717) is 23.4 Å². The van der Waals surface area contributed by atoms with Gasteiger partial charge in [-0.15, -0.1) is 0 Å². The molecule has 3 aromatic rings. The Bertz CT molecular complexity index is 1010. The molecule has 5 rings (SSSR count). The van der Waals surface area contributed by atoms with Crippen molar-refractivity contribution in [3.05, 3.63) is 43.0 Å². The third-order valence-electron chi connectivity index (χ3n) is 6.37. The minimum Gasteiger partial charge on any atom is -0.396 e. The zero-order valence-electron chi connectivity index (χ0n) is 16.5. The van der Waals surface area contributed by atoms with Crippen molar-refractivity contribution in [3.63, 3.8) is 0 Å². The average molecular weight is 410 g/mol. The molecule has 1 saturated carbocycles. The van der Waals surface area contributed by atoms with Crippen molar-refractivity contribution in [1.82, 2.24) is 19.5 Å². The number of nitrogens with zero attached hydrogens (tertiary/aromatic N) is 5. The number of hydrogen-bond donors (Lipinski definition) is 4. The number of anilines is 2. The highest BCUT2D eigenvalue weighted by atomic mass is 16.3. The number of fused-ring (bicyclic) bond motifs is 1. The fraction of sp³-hybridized carbons (Fsp3) is 0.476. The lowest BCUT2D eigenvalue weighted by molar-refractivity contribution is -0.00370. The lowest BCUT2D eigenvalue weighted by Gasteiger charge is -2.19. The monoisotopic (exact) mass is 410 g/mol. The van der Waals surface area contributed by atoms with Crippen LogP contribution >= 0.6 is 0 Å². The van der Waals surface area contributed by atoms with Crippen LogP contribution in [0.3, 0.4) is 0 Å². The zero-order valence-corrected chi connectivity index (χ0v) is 16.5. The van der Waals surface area contributed by atoms with Crippen molar-refractivity contribution in [2.75, 3.05) is 29.9 Å². The summed E-state index contributed by atoms with van der Waals surface area (Å²) in [6.07, 6.45) is 2.65. The molecule has 2 fully saturated rings. The van der Waals surface area contributed by atoms with E-state index < -0.39 is 12.2 Å². The van der Waals surface area contributed by atoms with E-state index in [1.807, 2.05) is 18.2 Å². The summed E-state index contributed by atoms with van der Waals surface area (Å²) < 4.78 is 1.79. The van der Waals surface area contributed by atoms with Gasteiger partial charge < -0.3 is 30.1 Å². The van der Waals surface area contributed by atoms with Gasteiger partial charge in [0.25, 0.3) is 0 Å². The number of aliphatic hydroxyl groups excluding tert-OH is 3. The molecule has 9 heteroatoms. The second-order valence-electron chi connectivity index (χ2n) is 8.18. The van der Waals surface area contributed by atoms with Gasteiger partial charge in [-0.05, 0) is 25.0 Å². The second kappa shape index (κ2) is 7.82. The summed E-state index contributed by atoms with van der Waals surface area (Å²) in [6.45, 7) is 1.68. The molecule has 4 N–H and O–H groups in total. The molecule has 5 atom stereocenters. The first-order chi connectivity index (χ1) is 14.7. The van der Waals surface area contributed by atoms with E-state index in [9.17, 15) is 15.3 Å². The van der Waals surface area contributed by atoms with E-state index in [0.717, 1.165) is 19.5 Å². The predicted molar refractivity (Wildman–Crippen MR) is 112 cm³/mol. The molecule has 1 aromatic carbocycles. The van der Waals surface area contributed by atoms with Crippen LogP contribution in [0.4, 0.5) is 11.5 Å². The molecule has 1 aliphatic heterocycles. The van der Waals surface area contributed by atoms with E-state index in [-0.39, 0.29) is 24.6 Å². The number of hydrogen-bond acceptors (Lipinski definition) is 8. The smallest absolute Gasteiger partial charge is 0.165 e. The molecule has 2 aliphatic rings. The molecular weight excluding hydrogens is 384 g/mol. The number of rotatable bonds is 5. The zero-order chi connectivity index (χ0) is 20.7. The summed E-state index contributed by atoms with van der Waals surface area (Å²) in [5.74, 6) is 0.315. The Hall–Kier alpha value is -2.75. The molecule has 0 spiro atoms. The predicted octanol–water partition coefficient (Wildman–Crippen LogP) is 0.792. The standard InChI is InChI=1S/C21H26N6O3/c28-10-13-8-16(19(30)18(13)29)27-12-24-17-20(22-11-23-21(17)27)25-14-6-7-26(9-14)15-4-2-1-3-5-15/h1-5,11-14,16,18-19,28-30H,6-10H2,(H,22,23,25)/t13-,14+,16?,18-,19+/m1/s1. The fourth-order valence-corrected chi connectivity index (χ4v) is 4.70. The lowest BCUT2D eigenvalue weighted by atomic mass is 10.1. The van der Waals surface area contributed by atoms with Gasteiger partial charge in [-0.2, -0.15) is 0 Å². The Morgan fingerprint density at radius 3 is 2.67 bits per heavy atom. The van der Waals surface area contributed by atoms with Crippen LogP contribution < -0.4 is 10.2 Å². The molecular formula is C21H26N6O3. The summed E-state index contributed by atoms with van der Waals surface area (Å²) in [5, 5.41) is 33.6. The summed E-state index contributed by atoms with van der Waals surface area (Å²) in [4.78, 5) is 15.6. The highest BCUT2D eigenvalue weighted by Crippen LogP contribution is 2.37. The van der Waals surface area contributed by atoms with Crippen molar-refractivity contribution >= 4 is 22.7 Å². The number of aliphatic hydroxyl groups is 3. The van der Waals surface area contributed by atoms with Gasteiger partial charge in [0.2, 0.25) is 0 Å². The number of benzene rings is 1. The van der Waals surface area contributed by atoms with Crippen molar-refractivity contribution in [3.8, 4) is 0 Å². The minimum atomic E-state index is -0.972. The topological polar surface area (TPSA) is 120 Å². The maximum atomic E-state index is 10.5. The summed E-state index contributed by atoms with van der Waals surface area (Å²) in [7, 11) is 0. The number of nitrogens with one attached hydrogen (secondary N) is 1. The third-order valence-corrected chi connectivity index (χ3v) is 6.37. The van der Waals surface area contributed by atoms with E-state index in [1.54, 1.807) is 10.9 Å². The Morgan fingerprint density at radius 1 is 1.07 bits per heavy atom. The molecule has 0 radical (unpaired) electrons. The van der Waals surface area contributed by atoms with E-state index in [4.69, 9.17) is 0 Å². The summed E-state index contributed by atoms with van der Waals surface area (Å²) in [6, 6.07) is 10.2. The number of aromatic nitrogens is 4. The van der Waals surface area contributed by atoms with Crippen molar-refractivity contribution in [1.29, 1.82) is 0 Å². The maximum Gasteiger partial charge on any atom is 0.165 e. The first kappa shape index (κ1) is 19.2. The van der Waals surface area contributed by atoms with Gasteiger partial charge in [-0.3, -0.25) is 0 Å². The summed E-state index contributed by atoms with van der Waals surface area (Å²) in [5.41, 5.74) is 2.47. The summed E-state index contributed by atoms with van der Waals surface area (Å²) >= 11 is 0. The second-order valence-corrected chi connectivity index (χ2v) is 8.18. The number of para-hydroxylation sites is 1. The number of imidazole rings is 1. The minimum absolute atomic E-state index is 0.164. The molecule has 2 aromatic heterocycles. The molecule has 1 saturated heterocycles. The molecule has 1 aliphatic carbocycles. The first-order valence-electron chi connectivity index (χ1n) is 10.4. The van der Waals surface area contributed by atoms with Gasteiger partial charge in [-0.25, -0.2) is 15.0 Å². The highest BCUT2D eigenvalue weighted by Gasteiger charge is 2.42. The quantitative estimate of drug-likeness (QED) is 0.488. The largest absolute Gasteiger partial charge is 0.396 e. The molecule has 0 amide bonds. The normalized spacial score (nSPS) is 29.0. The first-order valence-corrected chi connectivity index (χ1v) is 10.4. The Balaban J connectivity index is 1.36. The Labute approximate surface area is 174 Å². The Kier molecular flexibility index (Phi) is 5.01. The van der Waals surface area contributed by atoms with Crippen LogP contribution in [-0.4, -0.2) is 72.8 Å². The van der Waals surface area contributed by atoms with Crippen molar-refractivity contribution < 1.29 is 15.3 Å². The molecule has 0 bridgehead atoms. The molecule has 30 heavy (non-hydrogen) atoms. The lowest BCUT2D eigenvalue weighted by Crippen LogP contribution is -2.30.